The van der Waals surface area contributed by atoms with Gasteiger partial charge < -0.3 is 10.2 Å². The Balaban J connectivity index is 0.000000681. The topological polar surface area (TPSA) is 177 Å². The number of thiazole rings is 1. The average Bonchev–Trinajstić information content (AvgIpc) is 3.48. The molecule has 13 nitrogen and oxygen atoms in total. The number of non-ortho nitro benzene ring substituents is 1. The molecule has 4 aromatic rings. The first-order chi connectivity index (χ1) is 18.9. The van der Waals surface area contributed by atoms with Crippen molar-refractivity contribution in [2.24, 2.45) is 0 Å². The molecule has 1 aromatic heterocycles. The van der Waals surface area contributed by atoms with Crippen LogP contribution >= 0.6 is 11.3 Å². The molecule has 0 radical (unpaired) electrons. The maximum absolute atomic E-state index is 13.0. The van der Waals surface area contributed by atoms with Gasteiger partial charge in [0.05, 0.1) is 26.6 Å². The Hall–Kier alpha value is -4.41. The second-order valence-electron chi connectivity index (χ2n) is 8.50. The first-order valence-electron chi connectivity index (χ1n) is 11.3. The number of benzene rings is 3. The number of carbonyl (C=O) groups excluding carboxylic acids is 2. The smallest absolute Gasteiger partial charge is 0.269 e. The number of hydrogen-bond donors (Lipinski definition) is 1. The molecule has 2 amide bonds. The van der Waals surface area contributed by atoms with Gasteiger partial charge in [-0.1, -0.05) is 35.6 Å². The van der Waals surface area contributed by atoms with Gasteiger partial charge >= 0.3 is 0 Å². The highest BCUT2D eigenvalue weighted by atomic mass is 32.2. The molecule has 40 heavy (non-hydrogen) atoms. The van der Waals surface area contributed by atoms with Crippen molar-refractivity contribution in [2.45, 2.75) is 14.0 Å². The summed E-state index contributed by atoms with van der Waals surface area (Å²) in [5.74, 6) is -0.702. The molecule has 0 atom stereocenters. The monoisotopic (exact) mass is 603 g/mol. The van der Waals surface area contributed by atoms with E-state index in [1.807, 2.05) is 0 Å². The van der Waals surface area contributed by atoms with Gasteiger partial charge in [-0.15, -0.1) is 0 Å². The molecule has 1 aliphatic rings. The fourth-order valence-corrected chi connectivity index (χ4v) is 7.84. The zero-order valence-electron chi connectivity index (χ0n) is 20.9. The molecule has 0 bridgehead atoms. The van der Waals surface area contributed by atoms with Crippen LogP contribution in [0.1, 0.15) is 0 Å². The van der Waals surface area contributed by atoms with Crippen LogP contribution in [-0.2, 0) is 29.4 Å². The summed E-state index contributed by atoms with van der Waals surface area (Å²) in [6.07, 6.45) is 1.81. The van der Waals surface area contributed by atoms with Crippen molar-refractivity contribution < 1.29 is 31.3 Å². The minimum absolute atomic E-state index is 0.0391. The Kier molecular flexibility index (Phi) is 7.86. The lowest BCUT2D eigenvalue weighted by atomic mass is 10.1. The van der Waals surface area contributed by atoms with Gasteiger partial charge in [-0.05, 0) is 29.7 Å². The molecule has 16 heteroatoms. The molecular weight excluding hydrogens is 582 g/mol. The summed E-state index contributed by atoms with van der Waals surface area (Å²) in [6.45, 7) is -0.528. The van der Waals surface area contributed by atoms with Gasteiger partial charge in [0.15, 0.2) is 5.13 Å². The number of carbonyl (C=O) groups is 2. The molecule has 0 aliphatic carbocycles. The molecule has 208 valence electrons. The normalized spacial score (nSPS) is 13.3. The summed E-state index contributed by atoms with van der Waals surface area (Å²) < 4.78 is 52.5. The van der Waals surface area contributed by atoms with Gasteiger partial charge in [-0.2, -0.15) is 0 Å². The van der Waals surface area contributed by atoms with E-state index in [1.165, 1.54) is 11.0 Å². The molecule has 0 unspecified atom stereocenters. The van der Waals surface area contributed by atoms with E-state index in [1.54, 1.807) is 44.4 Å². The summed E-state index contributed by atoms with van der Waals surface area (Å²) in [5, 5.41) is 14.5. The molecule has 0 fully saturated rings. The lowest BCUT2D eigenvalue weighted by Gasteiger charge is -2.17. The molecule has 1 aliphatic heterocycles. The standard InChI is InChI=1S/C21H14N4O7S3.C3H7NO/c26-18(12-24-16-5-1-3-13-4-2-6-17(20(13)16)35(24,31)32)23-21-22-11-19(33-21)34(29,30)15-9-7-14(8-10-15)25(27)28;1-4(2)3-5/h1-11H,12H2,(H,22,23,26);3H,1-2H3. The van der Waals surface area contributed by atoms with E-state index in [-0.39, 0.29) is 24.8 Å². The van der Waals surface area contributed by atoms with E-state index in [2.05, 4.69) is 10.3 Å². The third-order valence-electron chi connectivity index (χ3n) is 5.53. The SMILES string of the molecule is CN(C)C=O.O=C(CN1c2cccc3cccc(c23)S1(=O)=O)Nc1ncc(S(=O)(=O)c2ccc([N+](=O)[O-])cc2)s1. The molecule has 3 aromatic carbocycles. The van der Waals surface area contributed by atoms with Crippen molar-refractivity contribution in [3.8, 4) is 0 Å². The highest BCUT2D eigenvalue weighted by molar-refractivity contribution is 7.94. The first-order valence-corrected chi connectivity index (χ1v) is 15.0. The first kappa shape index (κ1) is 28.6. The van der Waals surface area contributed by atoms with Gasteiger partial charge in [0.25, 0.3) is 15.7 Å². The molecule has 2 heterocycles. The van der Waals surface area contributed by atoms with Crippen molar-refractivity contribution in [3.63, 3.8) is 0 Å². The second-order valence-corrected chi connectivity index (χ2v) is 13.5. The van der Waals surface area contributed by atoms with E-state index in [0.717, 1.165) is 46.6 Å². The number of sulfone groups is 1. The molecule has 0 saturated carbocycles. The highest BCUT2D eigenvalue weighted by Gasteiger charge is 2.36. The second kappa shape index (κ2) is 11.0. The van der Waals surface area contributed by atoms with Gasteiger partial charge in [0, 0.05) is 31.6 Å². The molecule has 0 spiro atoms. The lowest BCUT2D eigenvalue weighted by Crippen LogP contribution is -2.35. The third-order valence-corrected chi connectivity index (χ3v) is 10.5. The van der Waals surface area contributed by atoms with Gasteiger partial charge in [0.1, 0.15) is 10.8 Å². The summed E-state index contributed by atoms with van der Waals surface area (Å²) in [7, 11) is -4.59. The zero-order chi connectivity index (χ0) is 29.2. The van der Waals surface area contributed by atoms with Crippen molar-refractivity contribution in [2.75, 3.05) is 30.3 Å². The summed E-state index contributed by atoms with van der Waals surface area (Å²) in [5.41, 5.74) is 0.129. The maximum atomic E-state index is 13.0. The zero-order valence-corrected chi connectivity index (χ0v) is 23.4. The van der Waals surface area contributed by atoms with E-state index in [0.29, 0.717) is 22.4 Å². The molecule has 1 N–H and O–H groups in total. The Morgan fingerprint density at radius 1 is 1.12 bits per heavy atom. The number of sulfonamides is 1. The van der Waals surface area contributed by atoms with Crippen LogP contribution in [0.5, 0.6) is 0 Å². The number of nitrogens with zero attached hydrogens (tertiary/aromatic N) is 4. The van der Waals surface area contributed by atoms with Crippen molar-refractivity contribution in [3.05, 3.63) is 77.0 Å². The Bertz CT molecular complexity index is 1830. The Morgan fingerprint density at radius 3 is 2.35 bits per heavy atom. The van der Waals surface area contributed by atoms with Crippen molar-refractivity contribution in [1.82, 2.24) is 9.88 Å². The Labute approximate surface area is 232 Å². The number of nitro benzene ring substituents is 1. The van der Waals surface area contributed by atoms with E-state index in [4.69, 9.17) is 0 Å². The van der Waals surface area contributed by atoms with Gasteiger partial charge in [0.2, 0.25) is 22.2 Å². The number of nitro groups is 1. The Morgan fingerprint density at radius 2 is 1.75 bits per heavy atom. The minimum atomic E-state index is -4.02. The van der Waals surface area contributed by atoms with Crippen molar-refractivity contribution in [1.29, 1.82) is 0 Å². The van der Waals surface area contributed by atoms with Crippen molar-refractivity contribution >= 4 is 70.8 Å². The maximum Gasteiger partial charge on any atom is 0.269 e. The predicted octanol–water partition coefficient (Wildman–Crippen LogP) is 2.89. The highest BCUT2D eigenvalue weighted by Crippen LogP contribution is 2.41. The van der Waals surface area contributed by atoms with E-state index < -0.39 is 37.2 Å². The lowest BCUT2D eigenvalue weighted by molar-refractivity contribution is -0.384. The number of amides is 2. The van der Waals surface area contributed by atoms with Gasteiger partial charge in [-0.3, -0.25) is 24.0 Å². The van der Waals surface area contributed by atoms with Gasteiger partial charge in [-0.25, -0.2) is 21.8 Å². The summed E-state index contributed by atoms with van der Waals surface area (Å²) in [6, 6.07) is 14.4. The van der Waals surface area contributed by atoms with Crippen LogP contribution in [0.25, 0.3) is 10.8 Å². The quantitative estimate of drug-likeness (QED) is 0.189. The van der Waals surface area contributed by atoms with Crippen LogP contribution in [0.3, 0.4) is 0 Å². The summed E-state index contributed by atoms with van der Waals surface area (Å²) >= 11 is 0.680. The van der Waals surface area contributed by atoms with E-state index >= 15 is 0 Å². The number of anilines is 2. The average molecular weight is 604 g/mol. The fraction of sp³-hybridized carbons (Fsp3) is 0.125. The van der Waals surface area contributed by atoms with Crippen LogP contribution < -0.4 is 9.62 Å². The number of rotatable bonds is 7. The molecule has 0 saturated heterocycles. The fourth-order valence-electron chi connectivity index (χ4n) is 3.72. The number of aromatic nitrogens is 1. The molecular formula is C24H21N5O8S3. The number of hydrogen-bond acceptors (Lipinski definition) is 10. The molecule has 5 rings (SSSR count). The third kappa shape index (κ3) is 5.49. The predicted molar refractivity (Wildman–Crippen MR) is 148 cm³/mol. The van der Waals surface area contributed by atoms with Crippen LogP contribution in [0.4, 0.5) is 16.5 Å². The van der Waals surface area contributed by atoms with E-state index in [9.17, 15) is 36.5 Å². The van der Waals surface area contributed by atoms with Crippen LogP contribution in [-0.4, -0.2) is 64.6 Å². The summed E-state index contributed by atoms with van der Waals surface area (Å²) in [4.78, 5) is 37.6. The largest absolute Gasteiger partial charge is 0.351 e. The van der Waals surface area contributed by atoms with Crippen LogP contribution in [0, 0.1) is 10.1 Å². The van der Waals surface area contributed by atoms with Crippen LogP contribution in [0.2, 0.25) is 0 Å². The minimum Gasteiger partial charge on any atom is -0.351 e. The number of nitrogens with one attached hydrogen (secondary N) is 1. The van der Waals surface area contributed by atoms with Crippen LogP contribution in [0.15, 0.2) is 80.9 Å².